The van der Waals surface area contributed by atoms with Crippen molar-refractivity contribution in [1.29, 1.82) is 0 Å². The fraction of sp³-hybridized carbons (Fsp3) is 0.308. The van der Waals surface area contributed by atoms with Gasteiger partial charge in [0.05, 0.1) is 23.1 Å². The zero-order chi connectivity index (χ0) is 13.7. The second-order valence-electron chi connectivity index (χ2n) is 4.09. The summed E-state index contributed by atoms with van der Waals surface area (Å²) in [6.07, 6.45) is 5.45. The third-order valence-electron chi connectivity index (χ3n) is 2.78. The van der Waals surface area contributed by atoms with Gasteiger partial charge in [0.2, 0.25) is 0 Å². The van der Waals surface area contributed by atoms with Gasteiger partial charge in [-0.3, -0.25) is 9.78 Å². The monoisotopic (exact) mass is 260 g/mol. The Morgan fingerprint density at radius 3 is 2.84 bits per heavy atom. The molecule has 2 aromatic rings. The average Bonchev–Trinajstić information content (AvgIpc) is 2.82. The second-order valence-corrected chi connectivity index (χ2v) is 4.09. The third-order valence-corrected chi connectivity index (χ3v) is 2.78. The van der Waals surface area contributed by atoms with E-state index in [0.29, 0.717) is 18.5 Å². The second kappa shape index (κ2) is 6.10. The molecule has 0 bridgehead atoms. The smallest absolute Gasteiger partial charge is 0.254 e. The van der Waals surface area contributed by atoms with Crippen LogP contribution in [-0.4, -0.2) is 38.9 Å². The molecule has 0 aromatic carbocycles. The largest absolute Gasteiger partial charge is 0.396 e. The molecular weight excluding hydrogens is 244 g/mol. The van der Waals surface area contributed by atoms with Crippen molar-refractivity contribution in [3.63, 3.8) is 0 Å². The molecule has 0 saturated heterocycles. The number of hydrogen-bond acceptors (Lipinski definition) is 4. The Hall–Kier alpha value is -2.21. The molecule has 2 aromatic heterocycles. The maximum absolute atomic E-state index is 11.9. The van der Waals surface area contributed by atoms with E-state index in [1.54, 1.807) is 23.3 Å². The van der Waals surface area contributed by atoms with Crippen molar-refractivity contribution >= 4 is 5.91 Å². The maximum Gasteiger partial charge on any atom is 0.254 e. The fourth-order valence-electron chi connectivity index (χ4n) is 1.75. The summed E-state index contributed by atoms with van der Waals surface area (Å²) >= 11 is 0. The maximum atomic E-state index is 11.9. The Balaban J connectivity index is 2.17. The first-order valence-electron chi connectivity index (χ1n) is 6.08. The number of aliphatic hydroxyl groups excluding tert-OH is 1. The van der Waals surface area contributed by atoms with Crippen LogP contribution in [0.5, 0.6) is 0 Å². The average molecular weight is 260 g/mol. The zero-order valence-electron chi connectivity index (χ0n) is 10.7. The van der Waals surface area contributed by atoms with Gasteiger partial charge in [-0.2, -0.15) is 5.10 Å². The van der Waals surface area contributed by atoms with Crippen LogP contribution in [0.1, 0.15) is 22.5 Å². The molecule has 0 saturated carbocycles. The highest BCUT2D eigenvalue weighted by atomic mass is 16.3. The summed E-state index contributed by atoms with van der Waals surface area (Å²) < 4.78 is 1.70. The van der Waals surface area contributed by atoms with Crippen molar-refractivity contribution < 1.29 is 9.90 Å². The van der Waals surface area contributed by atoms with Gasteiger partial charge >= 0.3 is 0 Å². The Bertz CT molecular complexity index is 551. The van der Waals surface area contributed by atoms with Crippen LogP contribution in [0.2, 0.25) is 0 Å². The van der Waals surface area contributed by atoms with Gasteiger partial charge in [-0.15, -0.1) is 0 Å². The molecule has 0 aliphatic heterocycles. The van der Waals surface area contributed by atoms with Crippen LogP contribution in [0.25, 0.3) is 5.69 Å². The summed E-state index contributed by atoms with van der Waals surface area (Å²) in [5.74, 6) is -0.175. The number of carbonyl (C=O) groups is 1. The van der Waals surface area contributed by atoms with Gasteiger partial charge < -0.3 is 10.4 Å². The summed E-state index contributed by atoms with van der Waals surface area (Å²) in [6.45, 7) is 2.36. The number of nitrogens with one attached hydrogen (secondary N) is 1. The number of nitrogens with zero attached hydrogens (tertiary/aromatic N) is 3. The minimum absolute atomic E-state index is 0.0650. The third kappa shape index (κ3) is 2.97. The molecular formula is C13H16N4O2. The highest BCUT2D eigenvalue weighted by molar-refractivity contribution is 5.95. The number of pyridine rings is 1. The molecule has 19 heavy (non-hydrogen) atoms. The van der Waals surface area contributed by atoms with Crippen LogP contribution in [0, 0.1) is 6.92 Å². The Kier molecular flexibility index (Phi) is 4.25. The first-order valence-corrected chi connectivity index (χ1v) is 6.08. The van der Waals surface area contributed by atoms with Crippen molar-refractivity contribution in [3.05, 3.63) is 42.0 Å². The molecule has 0 aliphatic rings. The predicted molar refractivity (Wildman–Crippen MR) is 70.1 cm³/mol. The molecule has 2 heterocycles. The first-order chi connectivity index (χ1) is 9.24. The van der Waals surface area contributed by atoms with Crippen molar-refractivity contribution in [3.8, 4) is 5.69 Å². The number of aliphatic hydroxyl groups is 1. The summed E-state index contributed by atoms with van der Waals surface area (Å²) in [7, 11) is 0. The molecule has 100 valence electrons. The van der Waals surface area contributed by atoms with E-state index in [4.69, 9.17) is 5.11 Å². The molecule has 2 N–H and O–H groups in total. The minimum atomic E-state index is -0.175. The summed E-state index contributed by atoms with van der Waals surface area (Å²) in [5.41, 5.74) is 2.17. The number of rotatable bonds is 5. The van der Waals surface area contributed by atoms with Crippen molar-refractivity contribution in [1.82, 2.24) is 20.1 Å². The number of amides is 1. The van der Waals surface area contributed by atoms with Gasteiger partial charge in [-0.25, -0.2) is 4.68 Å². The highest BCUT2D eigenvalue weighted by Crippen LogP contribution is 2.13. The van der Waals surface area contributed by atoms with Crippen LogP contribution in [0.4, 0.5) is 0 Å². The number of aromatic nitrogens is 3. The lowest BCUT2D eigenvalue weighted by Gasteiger charge is -2.05. The molecule has 0 aliphatic carbocycles. The summed E-state index contributed by atoms with van der Waals surface area (Å²) in [4.78, 5) is 15.9. The van der Waals surface area contributed by atoms with Gasteiger partial charge in [0.1, 0.15) is 0 Å². The van der Waals surface area contributed by atoms with Gasteiger partial charge in [-0.05, 0) is 25.5 Å². The SMILES string of the molecule is Cc1c(C(=O)NCCCO)cnn1-c1ccncc1. The quantitative estimate of drug-likeness (QED) is 0.775. The van der Waals surface area contributed by atoms with E-state index >= 15 is 0 Å². The van der Waals surface area contributed by atoms with Crippen LogP contribution in [-0.2, 0) is 0 Å². The summed E-state index contributed by atoms with van der Waals surface area (Å²) in [6, 6.07) is 3.65. The van der Waals surface area contributed by atoms with E-state index in [0.717, 1.165) is 11.4 Å². The highest BCUT2D eigenvalue weighted by Gasteiger charge is 2.14. The van der Waals surface area contributed by atoms with Crippen molar-refractivity contribution in [2.75, 3.05) is 13.2 Å². The van der Waals surface area contributed by atoms with E-state index < -0.39 is 0 Å². The van der Waals surface area contributed by atoms with E-state index in [1.807, 2.05) is 19.1 Å². The van der Waals surface area contributed by atoms with Gasteiger partial charge in [0.15, 0.2) is 0 Å². The van der Waals surface area contributed by atoms with Crippen molar-refractivity contribution in [2.45, 2.75) is 13.3 Å². The topological polar surface area (TPSA) is 80.0 Å². The van der Waals surface area contributed by atoms with Crippen LogP contribution in [0.15, 0.2) is 30.7 Å². The van der Waals surface area contributed by atoms with E-state index in [-0.39, 0.29) is 12.5 Å². The molecule has 2 rings (SSSR count). The van der Waals surface area contributed by atoms with Crippen LogP contribution >= 0.6 is 0 Å². The van der Waals surface area contributed by atoms with Crippen LogP contribution in [0.3, 0.4) is 0 Å². The molecule has 6 heteroatoms. The fourth-order valence-corrected chi connectivity index (χ4v) is 1.75. The molecule has 6 nitrogen and oxygen atoms in total. The van der Waals surface area contributed by atoms with Gasteiger partial charge in [0, 0.05) is 25.5 Å². The van der Waals surface area contributed by atoms with E-state index in [2.05, 4.69) is 15.4 Å². The first kappa shape index (κ1) is 13.2. The molecule has 0 fully saturated rings. The molecule has 0 radical (unpaired) electrons. The van der Waals surface area contributed by atoms with Gasteiger partial charge in [-0.1, -0.05) is 0 Å². The Labute approximate surface area is 111 Å². The van der Waals surface area contributed by atoms with Crippen molar-refractivity contribution in [2.24, 2.45) is 0 Å². The standard InChI is InChI=1S/C13H16N4O2/c1-10-12(13(19)15-5-2-8-18)9-16-17(10)11-3-6-14-7-4-11/h3-4,6-7,9,18H,2,5,8H2,1H3,(H,15,19). The normalized spacial score (nSPS) is 10.4. The number of hydrogen-bond donors (Lipinski definition) is 2. The van der Waals surface area contributed by atoms with Gasteiger partial charge in [0.25, 0.3) is 5.91 Å². The Morgan fingerprint density at radius 2 is 2.16 bits per heavy atom. The van der Waals surface area contributed by atoms with E-state index in [1.165, 1.54) is 0 Å². The molecule has 0 atom stereocenters. The molecule has 0 spiro atoms. The van der Waals surface area contributed by atoms with Crippen LogP contribution < -0.4 is 5.32 Å². The molecule has 1 amide bonds. The summed E-state index contributed by atoms with van der Waals surface area (Å²) in [5, 5.41) is 15.6. The lowest BCUT2D eigenvalue weighted by Crippen LogP contribution is -2.25. The molecule has 0 unspecified atom stereocenters. The Morgan fingerprint density at radius 1 is 1.42 bits per heavy atom. The lowest BCUT2D eigenvalue weighted by molar-refractivity contribution is 0.0950. The number of carbonyl (C=O) groups excluding carboxylic acids is 1. The zero-order valence-corrected chi connectivity index (χ0v) is 10.7. The van der Waals surface area contributed by atoms with E-state index in [9.17, 15) is 4.79 Å². The predicted octanol–water partition coefficient (Wildman–Crippen LogP) is 0.688. The lowest BCUT2D eigenvalue weighted by atomic mass is 10.2. The minimum Gasteiger partial charge on any atom is -0.396 e.